The molecule has 0 fully saturated rings. The summed E-state index contributed by atoms with van der Waals surface area (Å²) in [6.07, 6.45) is 0.305. The SMILES string of the molecule is CN(C)C(=O)C(=O)N(C)[C@@H]1CC2CN(Cc3ccc(F)cc3)C(=O)c3c(O)c(=O)nc1n32. The molecular formula is C21H22FN5O5. The van der Waals surface area contributed by atoms with Crippen LogP contribution in [0.2, 0.25) is 0 Å². The molecule has 2 aromatic rings. The Labute approximate surface area is 182 Å². The van der Waals surface area contributed by atoms with Crippen molar-refractivity contribution < 1.29 is 23.9 Å². The molecule has 11 heteroatoms. The van der Waals surface area contributed by atoms with Gasteiger partial charge in [0.1, 0.15) is 11.6 Å². The second kappa shape index (κ2) is 7.74. The maximum absolute atomic E-state index is 13.2. The molecule has 1 unspecified atom stereocenters. The first-order valence-corrected chi connectivity index (χ1v) is 9.97. The molecule has 0 saturated carbocycles. The zero-order chi connectivity index (χ0) is 23.3. The lowest BCUT2D eigenvalue weighted by molar-refractivity contribution is -0.150. The summed E-state index contributed by atoms with van der Waals surface area (Å²) in [7, 11) is 4.35. The summed E-state index contributed by atoms with van der Waals surface area (Å²) in [4.78, 5) is 58.0. The predicted octanol–water partition coefficient (Wildman–Crippen LogP) is 0.276. The number of aromatic nitrogens is 2. The Morgan fingerprint density at radius 2 is 1.81 bits per heavy atom. The molecule has 2 aliphatic heterocycles. The van der Waals surface area contributed by atoms with Gasteiger partial charge in [0, 0.05) is 34.2 Å². The van der Waals surface area contributed by atoms with Gasteiger partial charge in [-0.1, -0.05) is 12.1 Å². The van der Waals surface area contributed by atoms with E-state index in [0.29, 0.717) is 12.0 Å². The van der Waals surface area contributed by atoms with Crippen LogP contribution < -0.4 is 5.56 Å². The van der Waals surface area contributed by atoms with Crippen molar-refractivity contribution in [1.82, 2.24) is 24.3 Å². The van der Waals surface area contributed by atoms with Crippen LogP contribution in [0.25, 0.3) is 0 Å². The molecule has 0 radical (unpaired) electrons. The topological polar surface area (TPSA) is 116 Å². The number of halogens is 1. The van der Waals surface area contributed by atoms with Crippen LogP contribution in [0.1, 0.15) is 40.4 Å². The molecule has 3 amide bonds. The third kappa shape index (κ3) is 3.39. The zero-order valence-corrected chi connectivity index (χ0v) is 17.8. The van der Waals surface area contributed by atoms with E-state index in [1.807, 2.05) is 0 Å². The third-order valence-corrected chi connectivity index (χ3v) is 5.87. The Morgan fingerprint density at radius 1 is 1.16 bits per heavy atom. The summed E-state index contributed by atoms with van der Waals surface area (Å²) >= 11 is 0. The summed E-state index contributed by atoms with van der Waals surface area (Å²) < 4.78 is 14.7. The van der Waals surface area contributed by atoms with E-state index in [9.17, 15) is 28.7 Å². The number of nitrogens with zero attached hydrogens (tertiary/aromatic N) is 5. The average molecular weight is 443 g/mol. The molecule has 32 heavy (non-hydrogen) atoms. The smallest absolute Gasteiger partial charge is 0.315 e. The lowest BCUT2D eigenvalue weighted by Gasteiger charge is -2.33. The molecule has 0 aliphatic carbocycles. The molecule has 0 saturated heterocycles. The van der Waals surface area contributed by atoms with E-state index in [1.54, 1.807) is 12.1 Å². The van der Waals surface area contributed by atoms with Gasteiger partial charge in [-0.2, -0.15) is 4.98 Å². The number of hydrogen-bond donors (Lipinski definition) is 1. The molecule has 1 aromatic heterocycles. The van der Waals surface area contributed by atoms with Crippen LogP contribution >= 0.6 is 0 Å². The summed E-state index contributed by atoms with van der Waals surface area (Å²) in [6.45, 7) is 0.389. The Morgan fingerprint density at radius 3 is 2.44 bits per heavy atom. The normalized spacial score (nSPS) is 19.0. The molecule has 2 aliphatic rings. The van der Waals surface area contributed by atoms with E-state index in [0.717, 1.165) is 4.90 Å². The quantitative estimate of drug-likeness (QED) is 0.681. The number of carbonyl (C=O) groups is 3. The number of benzene rings is 1. The standard InChI is InChI=1S/C21H22FN5O5/c1-24(2)20(31)21(32)25(3)14-8-13-10-26(9-11-4-6-12(22)7-5-11)19(30)15-16(28)18(29)23-17(14)27(13)15/h4-7,13-14,28H,8-10H2,1-3H3/t13?,14-/m1/s1. The molecular weight excluding hydrogens is 421 g/mol. The minimum absolute atomic E-state index is 0.152. The van der Waals surface area contributed by atoms with Crippen molar-refractivity contribution >= 4 is 17.7 Å². The second-order valence-corrected chi connectivity index (χ2v) is 8.18. The van der Waals surface area contributed by atoms with E-state index in [4.69, 9.17) is 0 Å². The number of likely N-dealkylation sites (N-methyl/N-ethyl adjacent to an activating group) is 2. The second-order valence-electron chi connectivity index (χ2n) is 8.18. The maximum Gasteiger partial charge on any atom is 0.315 e. The van der Waals surface area contributed by atoms with Gasteiger partial charge in [0.2, 0.25) is 5.75 Å². The van der Waals surface area contributed by atoms with Crippen molar-refractivity contribution in [3.05, 3.63) is 57.5 Å². The summed E-state index contributed by atoms with van der Waals surface area (Å²) in [6, 6.07) is 4.59. The highest BCUT2D eigenvalue weighted by Gasteiger charge is 2.45. The van der Waals surface area contributed by atoms with E-state index in [1.165, 1.54) is 47.6 Å². The summed E-state index contributed by atoms with van der Waals surface area (Å²) in [5.41, 5.74) is -0.489. The fraction of sp³-hybridized carbons (Fsp3) is 0.381. The fourth-order valence-electron chi connectivity index (χ4n) is 4.22. The average Bonchev–Trinajstić information content (AvgIpc) is 3.11. The molecule has 4 rings (SSSR count). The van der Waals surface area contributed by atoms with E-state index >= 15 is 0 Å². The van der Waals surface area contributed by atoms with Gasteiger partial charge in [-0.3, -0.25) is 19.2 Å². The first-order chi connectivity index (χ1) is 15.1. The van der Waals surface area contributed by atoms with Gasteiger partial charge in [-0.15, -0.1) is 0 Å². The molecule has 3 heterocycles. The Hall–Kier alpha value is -3.76. The Balaban J connectivity index is 1.71. The number of carbonyl (C=O) groups excluding carboxylic acids is 3. The van der Waals surface area contributed by atoms with Gasteiger partial charge < -0.3 is 24.4 Å². The Kier molecular flexibility index (Phi) is 5.19. The summed E-state index contributed by atoms with van der Waals surface area (Å²) in [5.74, 6) is -3.07. The van der Waals surface area contributed by atoms with E-state index in [2.05, 4.69) is 4.98 Å². The molecule has 0 bridgehead atoms. The van der Waals surface area contributed by atoms with Crippen LogP contribution in [-0.2, 0) is 16.1 Å². The summed E-state index contributed by atoms with van der Waals surface area (Å²) in [5, 5.41) is 10.4. The molecule has 1 aromatic carbocycles. The number of aromatic hydroxyl groups is 1. The first-order valence-electron chi connectivity index (χ1n) is 9.97. The minimum Gasteiger partial charge on any atom is -0.501 e. The molecule has 1 N–H and O–H groups in total. The van der Waals surface area contributed by atoms with Crippen LogP contribution in [0.5, 0.6) is 5.75 Å². The monoisotopic (exact) mass is 443 g/mol. The van der Waals surface area contributed by atoms with Crippen molar-refractivity contribution in [2.75, 3.05) is 27.7 Å². The molecule has 0 spiro atoms. The van der Waals surface area contributed by atoms with Crippen LogP contribution in [-0.4, -0.2) is 74.8 Å². The predicted molar refractivity (Wildman–Crippen MR) is 109 cm³/mol. The largest absolute Gasteiger partial charge is 0.501 e. The van der Waals surface area contributed by atoms with Crippen LogP contribution in [0.3, 0.4) is 0 Å². The van der Waals surface area contributed by atoms with Gasteiger partial charge in [0.05, 0.1) is 12.1 Å². The molecule has 2 atom stereocenters. The van der Waals surface area contributed by atoms with Crippen LogP contribution in [0.15, 0.2) is 29.1 Å². The number of rotatable bonds is 3. The van der Waals surface area contributed by atoms with Gasteiger partial charge >= 0.3 is 17.4 Å². The zero-order valence-electron chi connectivity index (χ0n) is 17.8. The maximum atomic E-state index is 13.2. The number of hydrogen-bond acceptors (Lipinski definition) is 6. The highest BCUT2D eigenvalue weighted by molar-refractivity contribution is 6.34. The molecule has 10 nitrogen and oxygen atoms in total. The Bertz CT molecular complexity index is 1180. The minimum atomic E-state index is -0.978. The first kappa shape index (κ1) is 21.5. The van der Waals surface area contributed by atoms with Gasteiger partial charge in [-0.05, 0) is 24.1 Å². The highest BCUT2D eigenvalue weighted by atomic mass is 19.1. The van der Waals surface area contributed by atoms with E-state index < -0.39 is 40.9 Å². The highest BCUT2D eigenvalue weighted by Crippen LogP contribution is 2.42. The lowest BCUT2D eigenvalue weighted by atomic mass is 10.1. The van der Waals surface area contributed by atoms with Gasteiger partial charge in [-0.25, -0.2) is 4.39 Å². The van der Waals surface area contributed by atoms with Crippen molar-refractivity contribution in [3.63, 3.8) is 0 Å². The molecule has 168 valence electrons. The van der Waals surface area contributed by atoms with Crippen molar-refractivity contribution in [1.29, 1.82) is 0 Å². The van der Waals surface area contributed by atoms with Crippen molar-refractivity contribution in [3.8, 4) is 5.75 Å². The third-order valence-electron chi connectivity index (χ3n) is 5.87. The fourth-order valence-corrected chi connectivity index (χ4v) is 4.22. The van der Waals surface area contributed by atoms with Crippen molar-refractivity contribution in [2.45, 2.75) is 25.0 Å². The van der Waals surface area contributed by atoms with Gasteiger partial charge in [0.25, 0.3) is 5.91 Å². The van der Waals surface area contributed by atoms with Crippen LogP contribution in [0.4, 0.5) is 4.39 Å². The van der Waals surface area contributed by atoms with Crippen molar-refractivity contribution in [2.24, 2.45) is 0 Å². The van der Waals surface area contributed by atoms with Crippen LogP contribution in [0, 0.1) is 5.82 Å². The lowest BCUT2D eigenvalue weighted by Crippen LogP contribution is -2.43. The number of amides is 3. The van der Waals surface area contributed by atoms with Gasteiger partial charge in [0.15, 0.2) is 5.69 Å². The van der Waals surface area contributed by atoms with E-state index in [-0.39, 0.29) is 30.6 Å².